The van der Waals surface area contributed by atoms with Gasteiger partial charge in [-0.15, -0.1) is 0 Å². The minimum Gasteiger partial charge on any atom is -0.361 e. The molecule has 148 valence electrons. The molecule has 1 aromatic rings. The van der Waals surface area contributed by atoms with Crippen molar-refractivity contribution < 1.29 is 9.59 Å². The molecular formula is C22H33N3O2. The van der Waals surface area contributed by atoms with Gasteiger partial charge in [-0.05, 0) is 50.9 Å². The van der Waals surface area contributed by atoms with Crippen molar-refractivity contribution in [2.45, 2.75) is 65.3 Å². The van der Waals surface area contributed by atoms with Crippen LogP contribution in [0.2, 0.25) is 0 Å². The van der Waals surface area contributed by atoms with Gasteiger partial charge in [-0.2, -0.15) is 0 Å². The van der Waals surface area contributed by atoms with Crippen LogP contribution in [0.3, 0.4) is 0 Å². The van der Waals surface area contributed by atoms with Crippen LogP contribution >= 0.6 is 0 Å². The van der Waals surface area contributed by atoms with Gasteiger partial charge < -0.3 is 9.88 Å². The standard InChI is InChI=1S/C22H33N3O2/c1-14(2)18-13-25(11-5-10-24(18)12-16-8-9-16)22(27)20-15(3)23-17-6-4-7-19(26)21(17)20/h14,16,18,23H,4-13H2,1-3H3. The second kappa shape index (κ2) is 7.42. The Kier molecular flexibility index (Phi) is 5.15. The molecule has 0 aromatic carbocycles. The lowest BCUT2D eigenvalue weighted by Crippen LogP contribution is -2.46. The van der Waals surface area contributed by atoms with Gasteiger partial charge in [0.15, 0.2) is 5.78 Å². The van der Waals surface area contributed by atoms with E-state index in [1.807, 2.05) is 11.8 Å². The summed E-state index contributed by atoms with van der Waals surface area (Å²) in [4.78, 5) is 34.0. The Balaban J connectivity index is 1.58. The fourth-order valence-corrected chi connectivity index (χ4v) is 4.90. The molecule has 1 saturated heterocycles. The molecule has 1 N–H and O–H groups in total. The summed E-state index contributed by atoms with van der Waals surface area (Å²) < 4.78 is 0. The number of aromatic nitrogens is 1. The molecule has 3 aliphatic rings. The summed E-state index contributed by atoms with van der Waals surface area (Å²) in [6.45, 7) is 10.3. The second-order valence-electron chi connectivity index (χ2n) is 9.11. The zero-order valence-corrected chi connectivity index (χ0v) is 17.0. The van der Waals surface area contributed by atoms with E-state index in [0.717, 1.165) is 56.2 Å². The molecule has 5 heteroatoms. The van der Waals surface area contributed by atoms with E-state index >= 15 is 0 Å². The highest BCUT2D eigenvalue weighted by molar-refractivity contribution is 6.10. The van der Waals surface area contributed by atoms with Crippen molar-refractivity contribution in [1.82, 2.24) is 14.8 Å². The van der Waals surface area contributed by atoms with E-state index < -0.39 is 0 Å². The van der Waals surface area contributed by atoms with Crippen molar-refractivity contribution in [3.8, 4) is 0 Å². The van der Waals surface area contributed by atoms with Crippen molar-refractivity contribution in [3.05, 3.63) is 22.5 Å². The number of hydrogen-bond donors (Lipinski definition) is 1. The fraction of sp³-hybridized carbons (Fsp3) is 0.727. The first kappa shape index (κ1) is 18.7. The van der Waals surface area contributed by atoms with E-state index in [4.69, 9.17) is 0 Å². The highest BCUT2D eigenvalue weighted by Gasteiger charge is 2.36. The van der Waals surface area contributed by atoms with E-state index in [1.54, 1.807) is 0 Å². The molecule has 5 nitrogen and oxygen atoms in total. The fourth-order valence-electron chi connectivity index (χ4n) is 4.90. The van der Waals surface area contributed by atoms with Gasteiger partial charge in [0, 0.05) is 50.0 Å². The Morgan fingerprint density at radius 1 is 1.19 bits per heavy atom. The summed E-state index contributed by atoms with van der Waals surface area (Å²) in [5.74, 6) is 1.57. The summed E-state index contributed by atoms with van der Waals surface area (Å²) >= 11 is 0. The molecule has 0 spiro atoms. The number of hydrogen-bond acceptors (Lipinski definition) is 3. The number of Topliss-reactive ketones (excluding diaryl/α,β-unsaturated/α-hetero) is 1. The molecule has 2 heterocycles. The van der Waals surface area contributed by atoms with Gasteiger partial charge in [-0.25, -0.2) is 0 Å². The molecule has 27 heavy (non-hydrogen) atoms. The van der Waals surface area contributed by atoms with Gasteiger partial charge in [0.1, 0.15) is 0 Å². The number of amides is 1. The molecule has 4 rings (SSSR count). The molecule has 1 aromatic heterocycles. The highest BCUT2D eigenvalue weighted by Crippen LogP contribution is 2.33. The molecule has 1 aliphatic heterocycles. The summed E-state index contributed by atoms with van der Waals surface area (Å²) in [7, 11) is 0. The van der Waals surface area contributed by atoms with E-state index in [1.165, 1.54) is 19.4 Å². The maximum absolute atomic E-state index is 13.5. The predicted octanol–water partition coefficient (Wildman–Crippen LogP) is 3.42. The quantitative estimate of drug-likeness (QED) is 0.882. The van der Waals surface area contributed by atoms with Gasteiger partial charge >= 0.3 is 0 Å². The third-order valence-electron chi connectivity index (χ3n) is 6.58. The van der Waals surface area contributed by atoms with Crippen LogP contribution < -0.4 is 0 Å². The zero-order chi connectivity index (χ0) is 19.1. The van der Waals surface area contributed by atoms with Crippen LogP contribution in [0.4, 0.5) is 0 Å². The Morgan fingerprint density at radius 2 is 1.96 bits per heavy atom. The van der Waals surface area contributed by atoms with Gasteiger partial charge in [-0.3, -0.25) is 14.5 Å². The van der Waals surface area contributed by atoms with Crippen LogP contribution in [0.15, 0.2) is 0 Å². The topological polar surface area (TPSA) is 56.4 Å². The number of rotatable bonds is 4. The molecule has 0 bridgehead atoms. The molecule has 0 radical (unpaired) electrons. The van der Waals surface area contributed by atoms with Crippen LogP contribution in [0.5, 0.6) is 0 Å². The molecular weight excluding hydrogens is 338 g/mol. The second-order valence-corrected chi connectivity index (χ2v) is 9.11. The van der Waals surface area contributed by atoms with Crippen LogP contribution in [0.1, 0.15) is 78.1 Å². The SMILES string of the molecule is Cc1[nH]c2c(c1C(=O)N1CCCN(CC3CC3)C(C(C)C)C1)C(=O)CCC2. The number of carbonyl (C=O) groups is 2. The average molecular weight is 372 g/mol. The monoisotopic (exact) mass is 371 g/mol. The summed E-state index contributed by atoms with van der Waals surface area (Å²) in [5.41, 5.74) is 3.16. The first-order chi connectivity index (χ1) is 13.0. The van der Waals surface area contributed by atoms with Crippen LogP contribution in [-0.2, 0) is 6.42 Å². The molecule has 1 atom stereocenters. The van der Waals surface area contributed by atoms with Gasteiger partial charge in [0.2, 0.25) is 0 Å². The van der Waals surface area contributed by atoms with Gasteiger partial charge in [-0.1, -0.05) is 13.8 Å². The normalized spacial score (nSPS) is 24.2. The van der Waals surface area contributed by atoms with Crippen molar-refractivity contribution in [2.75, 3.05) is 26.2 Å². The number of nitrogens with zero attached hydrogens (tertiary/aromatic N) is 2. The number of nitrogens with one attached hydrogen (secondary N) is 1. The molecule has 1 amide bonds. The lowest BCUT2D eigenvalue weighted by atomic mass is 9.92. The maximum Gasteiger partial charge on any atom is 0.256 e. The van der Waals surface area contributed by atoms with Crippen molar-refractivity contribution in [1.29, 1.82) is 0 Å². The summed E-state index contributed by atoms with van der Waals surface area (Å²) in [6, 6.07) is 0.405. The zero-order valence-electron chi connectivity index (χ0n) is 17.0. The maximum atomic E-state index is 13.5. The van der Waals surface area contributed by atoms with Crippen LogP contribution in [0.25, 0.3) is 0 Å². The van der Waals surface area contributed by atoms with Gasteiger partial charge in [0.05, 0.1) is 11.1 Å². The minimum atomic E-state index is 0.0548. The Morgan fingerprint density at radius 3 is 2.67 bits per heavy atom. The summed E-state index contributed by atoms with van der Waals surface area (Å²) in [5, 5.41) is 0. The Labute approximate surface area is 162 Å². The van der Waals surface area contributed by atoms with E-state index in [9.17, 15) is 9.59 Å². The van der Waals surface area contributed by atoms with Crippen molar-refractivity contribution in [2.24, 2.45) is 11.8 Å². The van der Waals surface area contributed by atoms with E-state index in [-0.39, 0.29) is 11.7 Å². The molecule has 2 fully saturated rings. The van der Waals surface area contributed by atoms with Crippen molar-refractivity contribution in [3.63, 3.8) is 0 Å². The number of ketones is 1. The number of H-pyrrole nitrogens is 1. The lowest BCUT2D eigenvalue weighted by Gasteiger charge is -2.34. The highest BCUT2D eigenvalue weighted by atomic mass is 16.2. The first-order valence-corrected chi connectivity index (χ1v) is 10.7. The molecule has 2 aliphatic carbocycles. The van der Waals surface area contributed by atoms with E-state index in [2.05, 4.69) is 23.7 Å². The largest absolute Gasteiger partial charge is 0.361 e. The van der Waals surface area contributed by atoms with Crippen LogP contribution in [-0.4, -0.2) is 58.7 Å². The molecule has 1 saturated carbocycles. The number of fused-ring (bicyclic) bond motifs is 1. The van der Waals surface area contributed by atoms with Gasteiger partial charge in [0.25, 0.3) is 5.91 Å². The minimum absolute atomic E-state index is 0.0548. The van der Waals surface area contributed by atoms with E-state index in [0.29, 0.717) is 29.5 Å². The number of aromatic amines is 1. The Bertz CT molecular complexity index is 732. The predicted molar refractivity (Wildman–Crippen MR) is 106 cm³/mol. The third-order valence-corrected chi connectivity index (χ3v) is 6.58. The lowest BCUT2D eigenvalue weighted by molar-refractivity contribution is 0.0699. The summed E-state index contributed by atoms with van der Waals surface area (Å²) in [6.07, 6.45) is 6.06. The smallest absolute Gasteiger partial charge is 0.256 e. The Hall–Kier alpha value is -1.62. The third kappa shape index (κ3) is 3.71. The number of aryl methyl sites for hydroxylation is 2. The first-order valence-electron chi connectivity index (χ1n) is 10.7. The van der Waals surface area contributed by atoms with Crippen LogP contribution in [0, 0.1) is 18.8 Å². The average Bonchev–Trinajstić information content (AvgIpc) is 3.39. The van der Waals surface area contributed by atoms with Crippen molar-refractivity contribution >= 4 is 11.7 Å². The number of carbonyl (C=O) groups excluding carboxylic acids is 2. The molecule has 1 unspecified atom stereocenters.